The Balaban J connectivity index is 2.13. The number of nitrogens with one attached hydrogen (secondary N) is 1. The second kappa shape index (κ2) is 5.12. The fourth-order valence-electron chi connectivity index (χ4n) is 1.67. The Morgan fingerprint density at radius 1 is 1.11 bits per heavy atom. The lowest BCUT2D eigenvalue weighted by Crippen LogP contribution is -2.09. The molecule has 1 atom stereocenters. The summed E-state index contributed by atoms with van der Waals surface area (Å²) in [5.41, 5.74) is 2.85. The molecule has 2 aromatic rings. The highest BCUT2D eigenvalue weighted by Gasteiger charge is 2.07. The lowest BCUT2D eigenvalue weighted by Gasteiger charge is -2.15. The standard InChI is InChI=1S/C14H16FN3/c1-9-10(2)17-14(8-16-9)18-11(3)12-4-6-13(15)7-5-12/h4-8,11H,1-3H3,(H,17,18). The van der Waals surface area contributed by atoms with E-state index in [-0.39, 0.29) is 11.9 Å². The first-order valence-electron chi connectivity index (χ1n) is 5.88. The maximum atomic E-state index is 12.8. The van der Waals surface area contributed by atoms with Crippen molar-refractivity contribution in [2.45, 2.75) is 26.8 Å². The normalized spacial score (nSPS) is 12.2. The highest BCUT2D eigenvalue weighted by atomic mass is 19.1. The molecule has 0 aliphatic heterocycles. The topological polar surface area (TPSA) is 37.8 Å². The predicted octanol–water partition coefficient (Wildman–Crippen LogP) is 3.41. The Morgan fingerprint density at radius 2 is 1.78 bits per heavy atom. The summed E-state index contributed by atoms with van der Waals surface area (Å²) in [6.07, 6.45) is 1.71. The average molecular weight is 245 g/mol. The molecule has 1 aromatic heterocycles. The molecule has 3 nitrogen and oxygen atoms in total. The van der Waals surface area contributed by atoms with Crippen LogP contribution in [0.4, 0.5) is 10.2 Å². The zero-order chi connectivity index (χ0) is 13.1. The van der Waals surface area contributed by atoms with Crippen molar-refractivity contribution in [3.63, 3.8) is 0 Å². The maximum Gasteiger partial charge on any atom is 0.145 e. The van der Waals surface area contributed by atoms with E-state index in [0.29, 0.717) is 0 Å². The molecule has 0 bridgehead atoms. The number of nitrogens with zero attached hydrogens (tertiary/aromatic N) is 2. The van der Waals surface area contributed by atoms with E-state index in [1.165, 1.54) is 12.1 Å². The Labute approximate surface area is 106 Å². The molecule has 94 valence electrons. The summed E-state index contributed by atoms with van der Waals surface area (Å²) in [7, 11) is 0. The third kappa shape index (κ3) is 2.83. The van der Waals surface area contributed by atoms with Gasteiger partial charge in [0.15, 0.2) is 0 Å². The van der Waals surface area contributed by atoms with Gasteiger partial charge in [-0.1, -0.05) is 12.1 Å². The van der Waals surface area contributed by atoms with Crippen molar-refractivity contribution in [2.75, 3.05) is 5.32 Å². The molecular formula is C14H16FN3. The molecule has 0 saturated carbocycles. The highest BCUT2D eigenvalue weighted by Crippen LogP contribution is 2.18. The monoisotopic (exact) mass is 245 g/mol. The van der Waals surface area contributed by atoms with E-state index in [2.05, 4.69) is 15.3 Å². The van der Waals surface area contributed by atoms with Gasteiger partial charge < -0.3 is 5.32 Å². The minimum absolute atomic E-state index is 0.0574. The van der Waals surface area contributed by atoms with Gasteiger partial charge in [-0.05, 0) is 38.5 Å². The van der Waals surface area contributed by atoms with E-state index < -0.39 is 0 Å². The summed E-state index contributed by atoms with van der Waals surface area (Å²) < 4.78 is 12.8. The molecule has 0 amide bonds. The molecule has 18 heavy (non-hydrogen) atoms. The van der Waals surface area contributed by atoms with Crippen molar-refractivity contribution in [1.29, 1.82) is 0 Å². The molecule has 0 fully saturated rings. The van der Waals surface area contributed by atoms with Crippen LogP contribution >= 0.6 is 0 Å². The van der Waals surface area contributed by atoms with Gasteiger partial charge in [0.2, 0.25) is 0 Å². The van der Waals surface area contributed by atoms with Crippen LogP contribution in [0.25, 0.3) is 0 Å². The van der Waals surface area contributed by atoms with Gasteiger partial charge in [0.25, 0.3) is 0 Å². The number of rotatable bonds is 3. The number of hydrogen-bond acceptors (Lipinski definition) is 3. The number of halogens is 1. The third-order valence-electron chi connectivity index (χ3n) is 2.93. The van der Waals surface area contributed by atoms with E-state index in [1.54, 1.807) is 18.3 Å². The fraction of sp³-hybridized carbons (Fsp3) is 0.286. The third-order valence-corrected chi connectivity index (χ3v) is 2.93. The molecule has 1 N–H and O–H groups in total. The molecule has 0 aliphatic carbocycles. The summed E-state index contributed by atoms with van der Waals surface area (Å²) in [5, 5.41) is 3.25. The van der Waals surface area contributed by atoms with Crippen LogP contribution in [-0.4, -0.2) is 9.97 Å². The molecule has 4 heteroatoms. The Bertz CT molecular complexity index is 537. The van der Waals surface area contributed by atoms with Crippen molar-refractivity contribution in [3.05, 3.63) is 53.2 Å². The summed E-state index contributed by atoms with van der Waals surface area (Å²) in [5.74, 6) is 0.506. The first-order chi connectivity index (χ1) is 8.56. The maximum absolute atomic E-state index is 12.8. The van der Waals surface area contributed by atoms with E-state index in [4.69, 9.17) is 0 Å². The second-order valence-corrected chi connectivity index (χ2v) is 4.34. The number of benzene rings is 1. The predicted molar refractivity (Wildman–Crippen MR) is 69.9 cm³/mol. The van der Waals surface area contributed by atoms with Gasteiger partial charge in [0.1, 0.15) is 11.6 Å². The molecule has 1 aromatic carbocycles. The van der Waals surface area contributed by atoms with Crippen LogP contribution in [0.2, 0.25) is 0 Å². The van der Waals surface area contributed by atoms with Crippen LogP contribution in [0.1, 0.15) is 29.9 Å². The molecule has 1 unspecified atom stereocenters. The largest absolute Gasteiger partial charge is 0.362 e. The second-order valence-electron chi connectivity index (χ2n) is 4.34. The summed E-state index contributed by atoms with van der Waals surface area (Å²) in [6.45, 7) is 5.86. The number of hydrogen-bond donors (Lipinski definition) is 1. The van der Waals surface area contributed by atoms with Crippen molar-refractivity contribution >= 4 is 5.82 Å². The molecular weight excluding hydrogens is 229 g/mol. The van der Waals surface area contributed by atoms with Gasteiger partial charge >= 0.3 is 0 Å². The summed E-state index contributed by atoms with van der Waals surface area (Å²) in [6, 6.07) is 6.50. The van der Waals surface area contributed by atoms with Crippen LogP contribution in [0.15, 0.2) is 30.5 Å². The van der Waals surface area contributed by atoms with Gasteiger partial charge in [-0.25, -0.2) is 9.37 Å². The minimum Gasteiger partial charge on any atom is -0.362 e. The Kier molecular flexibility index (Phi) is 3.55. The lowest BCUT2D eigenvalue weighted by atomic mass is 10.1. The molecule has 0 spiro atoms. The first kappa shape index (κ1) is 12.5. The lowest BCUT2D eigenvalue weighted by molar-refractivity contribution is 0.626. The minimum atomic E-state index is -0.225. The number of anilines is 1. The van der Waals surface area contributed by atoms with Crippen LogP contribution in [0.3, 0.4) is 0 Å². The van der Waals surface area contributed by atoms with Gasteiger partial charge in [-0.2, -0.15) is 0 Å². The summed E-state index contributed by atoms with van der Waals surface area (Å²) >= 11 is 0. The summed E-state index contributed by atoms with van der Waals surface area (Å²) in [4.78, 5) is 8.66. The molecule has 0 radical (unpaired) electrons. The van der Waals surface area contributed by atoms with Crippen molar-refractivity contribution in [2.24, 2.45) is 0 Å². The number of aromatic nitrogens is 2. The SMILES string of the molecule is Cc1ncc(NC(C)c2ccc(F)cc2)nc1C. The van der Waals surface area contributed by atoms with Crippen LogP contribution < -0.4 is 5.32 Å². The first-order valence-corrected chi connectivity index (χ1v) is 5.88. The molecule has 1 heterocycles. The smallest absolute Gasteiger partial charge is 0.145 e. The van der Waals surface area contributed by atoms with Gasteiger partial charge in [-0.15, -0.1) is 0 Å². The highest BCUT2D eigenvalue weighted by molar-refractivity contribution is 5.37. The van der Waals surface area contributed by atoms with Crippen molar-refractivity contribution in [1.82, 2.24) is 9.97 Å². The van der Waals surface area contributed by atoms with Crippen LogP contribution in [0.5, 0.6) is 0 Å². The zero-order valence-electron chi connectivity index (χ0n) is 10.7. The number of aryl methyl sites for hydroxylation is 2. The van der Waals surface area contributed by atoms with Gasteiger partial charge in [0, 0.05) is 6.04 Å². The fourth-order valence-corrected chi connectivity index (χ4v) is 1.67. The zero-order valence-corrected chi connectivity index (χ0v) is 10.7. The van der Waals surface area contributed by atoms with Crippen LogP contribution in [0, 0.1) is 19.7 Å². The molecule has 0 aliphatic rings. The van der Waals surface area contributed by atoms with Gasteiger partial charge in [-0.3, -0.25) is 4.98 Å². The van der Waals surface area contributed by atoms with E-state index >= 15 is 0 Å². The van der Waals surface area contributed by atoms with Crippen molar-refractivity contribution in [3.8, 4) is 0 Å². The molecule has 0 saturated heterocycles. The quantitative estimate of drug-likeness (QED) is 0.900. The molecule has 2 rings (SSSR count). The average Bonchev–Trinajstić information content (AvgIpc) is 2.34. The van der Waals surface area contributed by atoms with E-state index in [9.17, 15) is 4.39 Å². The Hall–Kier alpha value is -1.97. The van der Waals surface area contributed by atoms with E-state index in [0.717, 1.165) is 22.8 Å². The van der Waals surface area contributed by atoms with Gasteiger partial charge in [0.05, 0.1) is 17.6 Å². The Morgan fingerprint density at radius 3 is 2.39 bits per heavy atom. The van der Waals surface area contributed by atoms with Crippen LogP contribution in [-0.2, 0) is 0 Å². The van der Waals surface area contributed by atoms with Crippen molar-refractivity contribution < 1.29 is 4.39 Å². The van der Waals surface area contributed by atoms with E-state index in [1.807, 2.05) is 20.8 Å².